The average Bonchev–Trinajstić information content (AvgIpc) is 3.35. The van der Waals surface area contributed by atoms with E-state index in [2.05, 4.69) is 40.1 Å². The van der Waals surface area contributed by atoms with Crippen molar-refractivity contribution in [1.82, 2.24) is 9.97 Å². The Morgan fingerprint density at radius 3 is 2.61 bits per heavy atom. The molecule has 1 aliphatic rings. The molecule has 0 aliphatic carbocycles. The number of halogens is 1. The van der Waals surface area contributed by atoms with E-state index in [-0.39, 0.29) is 5.56 Å². The van der Waals surface area contributed by atoms with Crippen LogP contribution in [0.15, 0.2) is 85.7 Å². The molecule has 4 aromatic rings. The lowest BCUT2D eigenvalue weighted by Crippen LogP contribution is -2.19. The summed E-state index contributed by atoms with van der Waals surface area (Å²) in [4.78, 5) is 19.2. The Balaban J connectivity index is 0.000000184. The van der Waals surface area contributed by atoms with Crippen LogP contribution in [0.3, 0.4) is 0 Å². The highest BCUT2D eigenvalue weighted by molar-refractivity contribution is 7.86. The molecule has 0 spiro atoms. The number of aromatic nitrogens is 2. The van der Waals surface area contributed by atoms with Gasteiger partial charge in [0.05, 0.1) is 22.5 Å². The Morgan fingerprint density at radius 2 is 1.94 bits per heavy atom. The SMILES string of the molecule is C=CC.CNc1cccc(-c2ccc3cnccc3n2)c1.O=Cc1ccc(N2CCCS2=O)cc1F. The first kappa shape index (κ1) is 26.7. The first-order chi connectivity index (χ1) is 17.5. The average molecular weight is 505 g/mol. The van der Waals surface area contributed by atoms with Gasteiger partial charge in [-0.3, -0.25) is 14.1 Å². The predicted octanol–water partition coefficient (Wildman–Crippen LogP) is 6.04. The van der Waals surface area contributed by atoms with Gasteiger partial charge in [-0.1, -0.05) is 18.2 Å². The molecule has 2 aromatic carbocycles. The van der Waals surface area contributed by atoms with Crippen molar-refractivity contribution in [2.75, 3.05) is 29.0 Å². The third-order valence-corrected chi connectivity index (χ3v) is 6.78. The maximum Gasteiger partial charge on any atom is 0.152 e. The van der Waals surface area contributed by atoms with Crippen molar-refractivity contribution in [3.8, 4) is 11.3 Å². The summed E-state index contributed by atoms with van der Waals surface area (Å²) in [5.41, 5.74) is 4.76. The molecule has 2 aromatic heterocycles. The summed E-state index contributed by atoms with van der Waals surface area (Å²) < 4.78 is 26.4. The number of pyridine rings is 2. The summed E-state index contributed by atoms with van der Waals surface area (Å²) in [7, 11) is 0.865. The standard InChI is InChI=1S/C15H13N3.C10H10FNO2S.C3H6/c1-16-13-4-2-3-11(9-13)14-6-5-12-10-17-8-7-15(12)18-14;11-10-6-9(3-2-8(10)7-13)12-4-1-5-15(12)14;1-3-2/h2-10,16H,1H3;2-3,6-7H,1,4-5H2;3H,1H2,2H3. The van der Waals surface area contributed by atoms with Gasteiger partial charge >= 0.3 is 0 Å². The van der Waals surface area contributed by atoms with Crippen LogP contribution < -0.4 is 9.62 Å². The van der Waals surface area contributed by atoms with Crippen LogP contribution in [0.2, 0.25) is 0 Å². The molecule has 0 saturated carbocycles. The normalized spacial score (nSPS) is 14.2. The van der Waals surface area contributed by atoms with Crippen molar-refractivity contribution in [3.63, 3.8) is 0 Å². The van der Waals surface area contributed by atoms with Crippen molar-refractivity contribution >= 4 is 39.5 Å². The molecule has 0 amide bonds. The van der Waals surface area contributed by atoms with Gasteiger partial charge in [0, 0.05) is 48.4 Å². The number of carbonyl (C=O) groups is 1. The molecule has 36 heavy (non-hydrogen) atoms. The number of benzene rings is 2. The highest BCUT2D eigenvalue weighted by Crippen LogP contribution is 2.24. The quantitative estimate of drug-likeness (QED) is 0.271. The molecule has 186 valence electrons. The molecule has 8 heteroatoms. The molecule has 1 unspecified atom stereocenters. The van der Waals surface area contributed by atoms with E-state index in [1.807, 2.05) is 44.4 Å². The largest absolute Gasteiger partial charge is 0.388 e. The predicted molar refractivity (Wildman–Crippen MR) is 147 cm³/mol. The number of allylic oxidation sites excluding steroid dienone is 1. The third kappa shape index (κ3) is 6.82. The Bertz CT molecular complexity index is 1360. The molecule has 1 fully saturated rings. The number of aldehydes is 1. The molecular formula is C28H29FN4O2S. The van der Waals surface area contributed by atoms with E-state index in [0.717, 1.165) is 34.3 Å². The van der Waals surface area contributed by atoms with Gasteiger partial charge in [0.25, 0.3) is 0 Å². The fourth-order valence-corrected chi connectivity index (χ4v) is 4.80. The molecule has 3 heterocycles. The van der Waals surface area contributed by atoms with Gasteiger partial charge in [-0.15, -0.1) is 6.58 Å². The zero-order valence-corrected chi connectivity index (χ0v) is 21.2. The van der Waals surface area contributed by atoms with Gasteiger partial charge < -0.3 is 5.32 Å². The summed E-state index contributed by atoms with van der Waals surface area (Å²) in [6.45, 7) is 5.92. The van der Waals surface area contributed by atoms with E-state index in [0.29, 0.717) is 24.3 Å². The molecule has 0 bridgehead atoms. The number of rotatable bonds is 4. The van der Waals surface area contributed by atoms with Crippen LogP contribution >= 0.6 is 0 Å². The van der Waals surface area contributed by atoms with Crippen molar-refractivity contribution in [3.05, 3.63) is 97.1 Å². The van der Waals surface area contributed by atoms with Crippen molar-refractivity contribution in [1.29, 1.82) is 0 Å². The van der Waals surface area contributed by atoms with Gasteiger partial charge in [0.15, 0.2) is 6.29 Å². The Kier molecular flexibility index (Phi) is 9.82. The molecule has 1 aliphatic heterocycles. The van der Waals surface area contributed by atoms with Crippen LogP contribution in [0.5, 0.6) is 0 Å². The molecule has 1 saturated heterocycles. The number of nitrogens with zero attached hydrogens (tertiary/aromatic N) is 3. The minimum absolute atomic E-state index is 0.0312. The highest BCUT2D eigenvalue weighted by Gasteiger charge is 2.21. The van der Waals surface area contributed by atoms with Crippen LogP contribution in [0.4, 0.5) is 15.8 Å². The van der Waals surface area contributed by atoms with Crippen LogP contribution in [0.1, 0.15) is 23.7 Å². The number of carbonyl (C=O) groups excluding carboxylic acids is 1. The maximum atomic E-state index is 13.3. The monoisotopic (exact) mass is 504 g/mol. The number of nitrogens with one attached hydrogen (secondary N) is 1. The topological polar surface area (TPSA) is 75.2 Å². The Hall–Kier alpha value is -3.91. The minimum Gasteiger partial charge on any atom is -0.388 e. The molecule has 5 rings (SSSR count). The van der Waals surface area contributed by atoms with E-state index in [1.54, 1.807) is 22.6 Å². The molecule has 0 radical (unpaired) electrons. The Labute approximate surface area is 213 Å². The lowest BCUT2D eigenvalue weighted by molar-refractivity contribution is 0.112. The van der Waals surface area contributed by atoms with Gasteiger partial charge in [0.2, 0.25) is 0 Å². The highest BCUT2D eigenvalue weighted by atomic mass is 32.2. The van der Waals surface area contributed by atoms with E-state index in [4.69, 9.17) is 0 Å². The summed E-state index contributed by atoms with van der Waals surface area (Å²) in [5, 5.41) is 4.20. The van der Waals surface area contributed by atoms with Crippen molar-refractivity contribution < 1.29 is 13.4 Å². The second-order valence-electron chi connectivity index (χ2n) is 7.81. The number of hydrogen-bond donors (Lipinski definition) is 1. The Morgan fingerprint density at radius 1 is 1.14 bits per heavy atom. The fraction of sp³-hybridized carbons (Fsp3) is 0.179. The van der Waals surface area contributed by atoms with E-state index in [9.17, 15) is 13.4 Å². The summed E-state index contributed by atoms with van der Waals surface area (Å²) in [6, 6.07) is 18.5. The second kappa shape index (κ2) is 13.3. The zero-order valence-electron chi connectivity index (χ0n) is 20.4. The van der Waals surface area contributed by atoms with Gasteiger partial charge in [-0.25, -0.2) is 13.6 Å². The number of hydrogen-bond acceptors (Lipinski definition) is 5. The van der Waals surface area contributed by atoms with Crippen LogP contribution in [0.25, 0.3) is 22.2 Å². The van der Waals surface area contributed by atoms with E-state index < -0.39 is 16.8 Å². The van der Waals surface area contributed by atoms with E-state index >= 15 is 0 Å². The molecule has 1 N–H and O–H groups in total. The zero-order chi connectivity index (χ0) is 25.9. The second-order valence-corrected chi connectivity index (χ2v) is 9.30. The minimum atomic E-state index is -1.05. The van der Waals surface area contributed by atoms with Crippen LogP contribution in [-0.2, 0) is 11.0 Å². The lowest BCUT2D eigenvalue weighted by atomic mass is 10.1. The van der Waals surface area contributed by atoms with Gasteiger partial charge in [-0.2, -0.15) is 0 Å². The van der Waals surface area contributed by atoms with Crippen LogP contribution in [0, 0.1) is 5.82 Å². The molecule has 6 nitrogen and oxygen atoms in total. The van der Waals surface area contributed by atoms with Gasteiger partial charge in [-0.05, 0) is 61.9 Å². The van der Waals surface area contributed by atoms with Gasteiger partial charge in [0.1, 0.15) is 16.8 Å². The van der Waals surface area contributed by atoms with Crippen LogP contribution in [-0.4, -0.2) is 39.8 Å². The first-order valence-electron chi connectivity index (χ1n) is 11.5. The smallest absolute Gasteiger partial charge is 0.152 e. The maximum absolute atomic E-state index is 13.3. The van der Waals surface area contributed by atoms with Crippen molar-refractivity contribution in [2.45, 2.75) is 13.3 Å². The number of fused-ring (bicyclic) bond motifs is 1. The molecular weight excluding hydrogens is 475 g/mol. The molecule has 1 atom stereocenters. The fourth-order valence-electron chi connectivity index (χ4n) is 3.52. The lowest BCUT2D eigenvalue weighted by Gasteiger charge is -2.15. The summed E-state index contributed by atoms with van der Waals surface area (Å²) >= 11 is 0. The summed E-state index contributed by atoms with van der Waals surface area (Å²) in [5.74, 6) is 0.0586. The summed E-state index contributed by atoms with van der Waals surface area (Å²) in [6.07, 6.45) is 6.67. The van der Waals surface area contributed by atoms with E-state index in [1.165, 1.54) is 12.1 Å². The number of anilines is 2. The third-order valence-electron chi connectivity index (χ3n) is 5.26. The first-order valence-corrected chi connectivity index (χ1v) is 12.7. The van der Waals surface area contributed by atoms with Crippen molar-refractivity contribution in [2.24, 2.45) is 0 Å².